The van der Waals surface area contributed by atoms with E-state index in [0.29, 0.717) is 0 Å². The number of hydrogen-bond donors (Lipinski definition) is 0. The molecule has 0 heterocycles. The van der Waals surface area contributed by atoms with Crippen molar-refractivity contribution in [1.82, 2.24) is 0 Å². The second-order valence-corrected chi connectivity index (χ2v) is 13.6. The van der Waals surface area contributed by atoms with Gasteiger partial charge in [0.05, 0.1) is 0 Å². The van der Waals surface area contributed by atoms with Gasteiger partial charge in [0.2, 0.25) is 0 Å². The number of rotatable bonds is 0. The van der Waals surface area contributed by atoms with Crippen molar-refractivity contribution < 1.29 is 0 Å². The van der Waals surface area contributed by atoms with Gasteiger partial charge in [-0.1, -0.05) is 0 Å². The molecule has 34 valence electrons. The molecule has 0 aromatic carbocycles. The van der Waals surface area contributed by atoms with Crippen LogP contribution < -0.4 is 0 Å². The Morgan fingerprint density at radius 1 is 1.20 bits per heavy atom. The molecule has 0 saturated carbocycles. The van der Waals surface area contributed by atoms with Gasteiger partial charge in [0.1, 0.15) is 0 Å². The third-order valence-electron chi connectivity index (χ3n) is 0. The fourth-order valence-corrected chi connectivity index (χ4v) is 0. The zero-order valence-corrected chi connectivity index (χ0v) is 6.26. The normalized spacial score (nSPS) is 15.2. The summed E-state index contributed by atoms with van der Waals surface area (Å²) in [6.45, 7) is 0. The maximum atomic E-state index is 5.69. The first-order valence-corrected chi connectivity index (χ1v) is 8.77. The van der Waals surface area contributed by atoms with E-state index in [4.69, 9.17) is 10.1 Å². The Kier molecular flexibility index (Phi) is 1.75. The number of halogens is 1. The molecular weight excluding hydrogens is 150 g/mol. The average Bonchev–Trinajstić information content (AvgIpc) is 0.722. The topological polar surface area (TPSA) is 0 Å². The minimum absolute atomic E-state index is 1.28. The Labute approximate surface area is 40.0 Å². The van der Waals surface area contributed by atoms with Crippen LogP contribution in [0.5, 0.6) is 0 Å². The van der Waals surface area contributed by atoms with Gasteiger partial charge in [-0.3, -0.25) is 0 Å². The predicted octanol–water partition coefficient (Wildman–Crippen LogP) is 2.06. The van der Waals surface area contributed by atoms with Crippen molar-refractivity contribution in [2.75, 3.05) is 0 Å². The summed E-state index contributed by atoms with van der Waals surface area (Å²) in [6.07, 6.45) is 0. The van der Waals surface area contributed by atoms with Crippen LogP contribution in [0.4, 0.5) is 0 Å². The molecule has 2 heteroatoms. The molecule has 5 heavy (non-hydrogen) atoms. The van der Waals surface area contributed by atoms with Crippen LogP contribution in [0.1, 0.15) is 0 Å². The first kappa shape index (κ1) is 5.81. The molecule has 0 atom stereocenters. The van der Waals surface area contributed by atoms with Gasteiger partial charge in [-0.25, -0.2) is 0 Å². The van der Waals surface area contributed by atoms with E-state index in [1.807, 2.05) is 0 Å². The molecule has 0 unspecified atom stereocenters. The molecule has 0 aliphatic rings. The Morgan fingerprint density at radius 2 is 1.20 bits per heavy atom. The van der Waals surface area contributed by atoms with E-state index in [2.05, 4.69) is 17.5 Å². The molecule has 0 aromatic rings. The summed E-state index contributed by atoms with van der Waals surface area (Å²) in [7, 11) is 5.69. The Balaban J connectivity index is 3.02. The third kappa shape index (κ3) is 57.9. The standard InChI is InChI=1S/C3H9ClSe/c1-5(2,3)4/h1-3H3. The average molecular weight is 160 g/mol. The summed E-state index contributed by atoms with van der Waals surface area (Å²) in [4.78, 5) is 0. The zero-order chi connectivity index (χ0) is 4.50. The summed E-state index contributed by atoms with van der Waals surface area (Å²) in [5.41, 5.74) is 0. The van der Waals surface area contributed by atoms with E-state index in [9.17, 15) is 0 Å². The van der Waals surface area contributed by atoms with Crippen molar-refractivity contribution in [1.29, 1.82) is 0 Å². The molecule has 0 amide bonds. The summed E-state index contributed by atoms with van der Waals surface area (Å²) in [5.74, 6) is 6.33. The van der Waals surface area contributed by atoms with Crippen molar-refractivity contribution in [2.24, 2.45) is 0 Å². The molecule has 0 nitrogen and oxygen atoms in total. The summed E-state index contributed by atoms with van der Waals surface area (Å²) in [5, 5.41) is 0. The quantitative estimate of drug-likeness (QED) is 0.475. The van der Waals surface area contributed by atoms with Gasteiger partial charge in [-0.05, 0) is 0 Å². The molecule has 0 N–H and O–H groups in total. The van der Waals surface area contributed by atoms with Gasteiger partial charge in [0.15, 0.2) is 0 Å². The summed E-state index contributed by atoms with van der Waals surface area (Å²) < 4.78 is 0. The van der Waals surface area contributed by atoms with E-state index < -0.39 is 11.9 Å². The molecule has 0 spiro atoms. The predicted molar refractivity (Wildman–Crippen MR) is 29.2 cm³/mol. The van der Waals surface area contributed by atoms with Crippen molar-refractivity contribution in [2.45, 2.75) is 17.5 Å². The van der Waals surface area contributed by atoms with Crippen LogP contribution >= 0.6 is 10.1 Å². The van der Waals surface area contributed by atoms with Gasteiger partial charge in [-0.2, -0.15) is 0 Å². The Morgan fingerprint density at radius 3 is 1.20 bits per heavy atom. The Bertz CT molecular complexity index is 22.4. The van der Waals surface area contributed by atoms with Gasteiger partial charge in [0, 0.05) is 0 Å². The van der Waals surface area contributed by atoms with Crippen LogP contribution in [-0.4, -0.2) is 11.9 Å². The second kappa shape index (κ2) is 1.51. The molecule has 0 saturated heterocycles. The monoisotopic (exact) mass is 160 g/mol. The van der Waals surface area contributed by atoms with Gasteiger partial charge >= 0.3 is 39.5 Å². The third-order valence-corrected chi connectivity index (χ3v) is 0. The molecule has 0 aliphatic heterocycles. The van der Waals surface area contributed by atoms with E-state index in [0.717, 1.165) is 0 Å². The minimum atomic E-state index is -1.28. The molecule has 0 bridgehead atoms. The maximum absolute atomic E-state index is 5.69. The molecule has 0 rings (SSSR count). The first-order valence-electron chi connectivity index (χ1n) is 1.38. The van der Waals surface area contributed by atoms with Crippen LogP contribution in [0.2, 0.25) is 17.5 Å². The SMILES string of the molecule is C[Se](C)(C)Cl. The van der Waals surface area contributed by atoms with E-state index in [1.54, 1.807) is 0 Å². The van der Waals surface area contributed by atoms with Gasteiger partial charge in [-0.15, -0.1) is 0 Å². The van der Waals surface area contributed by atoms with Crippen LogP contribution in [-0.2, 0) is 0 Å². The molecule has 0 radical (unpaired) electrons. The van der Waals surface area contributed by atoms with Crippen LogP contribution in [0.15, 0.2) is 0 Å². The van der Waals surface area contributed by atoms with Crippen LogP contribution in [0, 0.1) is 0 Å². The molecular formula is C3H9ClSe. The summed E-state index contributed by atoms with van der Waals surface area (Å²) >= 11 is -1.28. The van der Waals surface area contributed by atoms with Crippen LogP contribution in [0.25, 0.3) is 0 Å². The van der Waals surface area contributed by atoms with Crippen molar-refractivity contribution in [3.63, 3.8) is 0 Å². The van der Waals surface area contributed by atoms with E-state index in [1.165, 1.54) is 0 Å². The van der Waals surface area contributed by atoms with Crippen molar-refractivity contribution in [3.05, 3.63) is 0 Å². The van der Waals surface area contributed by atoms with Gasteiger partial charge < -0.3 is 0 Å². The van der Waals surface area contributed by atoms with E-state index in [-0.39, 0.29) is 0 Å². The zero-order valence-electron chi connectivity index (χ0n) is 3.79. The fourth-order valence-electron chi connectivity index (χ4n) is 0. The first-order chi connectivity index (χ1) is 2.00. The Hall–Kier alpha value is 0.809. The van der Waals surface area contributed by atoms with Gasteiger partial charge in [0.25, 0.3) is 0 Å². The summed E-state index contributed by atoms with van der Waals surface area (Å²) in [6, 6.07) is 0. The molecule has 0 fully saturated rings. The molecule has 0 aromatic heterocycles. The van der Waals surface area contributed by atoms with Crippen molar-refractivity contribution >= 4 is 22.0 Å². The fraction of sp³-hybridized carbons (Fsp3) is 1.00. The van der Waals surface area contributed by atoms with E-state index >= 15 is 0 Å². The van der Waals surface area contributed by atoms with Crippen LogP contribution in [0.3, 0.4) is 0 Å². The van der Waals surface area contributed by atoms with Crippen molar-refractivity contribution in [3.8, 4) is 0 Å². The second-order valence-electron chi connectivity index (χ2n) is 1.69. The number of hydrogen-bond acceptors (Lipinski definition) is 0. The molecule has 0 aliphatic carbocycles.